The van der Waals surface area contributed by atoms with E-state index in [0.717, 1.165) is 12.8 Å². The van der Waals surface area contributed by atoms with Crippen LogP contribution in [0.4, 0.5) is 0 Å². The molecule has 0 saturated heterocycles. The molecule has 2 rings (SSSR count). The summed E-state index contributed by atoms with van der Waals surface area (Å²) in [6, 6.07) is 12.3. The van der Waals surface area contributed by atoms with Gasteiger partial charge in [0.1, 0.15) is 23.0 Å². The predicted octanol–water partition coefficient (Wildman–Crippen LogP) is 1.89. The number of aryl methyl sites for hydroxylation is 2. The number of pyridine rings is 2. The maximum absolute atomic E-state index is 4.35. The van der Waals surface area contributed by atoms with E-state index in [1.54, 1.807) is 23.5 Å². The van der Waals surface area contributed by atoms with E-state index >= 15 is 0 Å². The van der Waals surface area contributed by atoms with Crippen LogP contribution in [0, 0.1) is 0 Å². The van der Waals surface area contributed by atoms with Crippen molar-refractivity contribution < 1.29 is 17.1 Å². The molecule has 0 N–H and O–H groups in total. The van der Waals surface area contributed by atoms with Gasteiger partial charge in [0.2, 0.25) is 0 Å². The Labute approximate surface area is 146 Å². The van der Waals surface area contributed by atoms with Crippen LogP contribution < -0.4 is 0 Å². The van der Waals surface area contributed by atoms with E-state index in [9.17, 15) is 0 Å². The first kappa shape index (κ1) is 18.6. The van der Waals surface area contributed by atoms with Gasteiger partial charge in [-0.2, -0.15) is 0 Å². The Hall–Kier alpha value is -0.481. The van der Waals surface area contributed by atoms with Gasteiger partial charge in [0.05, 0.1) is 0 Å². The van der Waals surface area contributed by atoms with E-state index in [0.29, 0.717) is 0 Å². The monoisotopic (exact) mass is 369 g/mol. The molecule has 0 saturated carbocycles. The first-order chi connectivity index (χ1) is 9.95. The van der Waals surface area contributed by atoms with Gasteiger partial charge in [-0.1, -0.05) is 12.1 Å². The average molecular weight is 370 g/mol. The summed E-state index contributed by atoms with van der Waals surface area (Å²) in [5, 5.41) is 0. The first-order valence-electron chi connectivity index (χ1n) is 7.01. The van der Waals surface area contributed by atoms with Crippen LogP contribution in [-0.2, 0) is 53.4 Å². The molecule has 115 valence electrons. The second kappa shape index (κ2) is 12.1. The van der Waals surface area contributed by atoms with Crippen molar-refractivity contribution >= 4 is 23.5 Å². The molecule has 21 heavy (non-hydrogen) atoms. The van der Waals surface area contributed by atoms with Crippen LogP contribution in [0.15, 0.2) is 48.8 Å². The molecule has 0 amide bonds. The standard InChI is InChI=1S/C16H20N2S2.Cu/c1-3-9-17-15(5-1)7-11-19-13-14-20-12-8-16-6-2-4-10-18-16;/h1-6,9-10H,7-8,11-14H2;/q;+2/p+2. The summed E-state index contributed by atoms with van der Waals surface area (Å²) in [5.74, 6) is 5.06. The van der Waals surface area contributed by atoms with Crippen LogP contribution >= 0.6 is 0 Å². The molecule has 0 aliphatic rings. The Morgan fingerprint density at radius 3 is 1.52 bits per heavy atom. The molecule has 2 nitrogen and oxygen atoms in total. The van der Waals surface area contributed by atoms with Gasteiger partial charge >= 0.3 is 17.1 Å². The van der Waals surface area contributed by atoms with Gasteiger partial charge in [-0.25, -0.2) is 0 Å². The van der Waals surface area contributed by atoms with Gasteiger partial charge in [-0.05, 0) is 47.8 Å². The average Bonchev–Trinajstić information content (AvgIpc) is 2.52. The molecule has 0 atom stereocenters. The fraction of sp³-hybridized carbons (Fsp3) is 0.375. The maximum atomic E-state index is 4.35. The van der Waals surface area contributed by atoms with Gasteiger partial charge in [-0.3, -0.25) is 9.97 Å². The third kappa shape index (κ3) is 8.52. The molecule has 0 aliphatic carbocycles. The molecule has 0 aliphatic heterocycles. The minimum Gasteiger partial charge on any atom is -0.261 e. The molecule has 0 aromatic carbocycles. The quantitative estimate of drug-likeness (QED) is 0.292. The number of aromatic nitrogens is 2. The number of nitrogens with zero attached hydrogens (tertiary/aromatic N) is 2. The second-order valence-corrected chi connectivity index (χ2v) is 7.17. The van der Waals surface area contributed by atoms with Gasteiger partial charge in [-0.15, -0.1) is 0 Å². The predicted molar refractivity (Wildman–Crippen MR) is 92.9 cm³/mol. The van der Waals surface area contributed by atoms with Gasteiger partial charge < -0.3 is 0 Å². The van der Waals surface area contributed by atoms with Crippen LogP contribution in [0.3, 0.4) is 0 Å². The van der Waals surface area contributed by atoms with Crippen LogP contribution in [0.1, 0.15) is 11.4 Å². The second-order valence-electron chi connectivity index (χ2n) is 4.48. The normalized spacial score (nSPS) is 10.1. The van der Waals surface area contributed by atoms with Crippen molar-refractivity contribution in [3.05, 3.63) is 60.2 Å². The fourth-order valence-electron chi connectivity index (χ4n) is 1.84. The summed E-state index contributed by atoms with van der Waals surface area (Å²) in [6.07, 6.45) is 5.96. The third-order valence-corrected chi connectivity index (χ3v) is 5.43. The van der Waals surface area contributed by atoms with E-state index < -0.39 is 0 Å². The summed E-state index contributed by atoms with van der Waals surface area (Å²) in [7, 11) is 0. The summed E-state index contributed by atoms with van der Waals surface area (Å²) >= 11 is 3.10. The van der Waals surface area contributed by atoms with Gasteiger partial charge in [0.25, 0.3) is 0 Å². The molecule has 2 heterocycles. The largest absolute Gasteiger partial charge is 2.00 e. The van der Waals surface area contributed by atoms with Crippen LogP contribution in [0.5, 0.6) is 0 Å². The molecule has 0 spiro atoms. The Bertz CT molecular complexity index is 423. The summed E-state index contributed by atoms with van der Waals surface area (Å²) in [5.41, 5.74) is 2.43. The van der Waals surface area contributed by atoms with Crippen molar-refractivity contribution in [1.29, 1.82) is 0 Å². The summed E-state index contributed by atoms with van der Waals surface area (Å²) < 4.78 is 0. The van der Waals surface area contributed by atoms with Crippen molar-refractivity contribution in [2.45, 2.75) is 12.8 Å². The zero-order valence-electron chi connectivity index (χ0n) is 12.0. The Balaban J connectivity index is 0.00000220. The molecule has 0 bridgehead atoms. The van der Waals surface area contributed by atoms with Crippen molar-refractivity contribution in [3.63, 3.8) is 0 Å². The third-order valence-electron chi connectivity index (χ3n) is 2.92. The van der Waals surface area contributed by atoms with E-state index in [-0.39, 0.29) is 17.1 Å². The summed E-state index contributed by atoms with van der Waals surface area (Å²) in [4.78, 5) is 8.69. The molecule has 2 aromatic heterocycles. The molecule has 0 unspecified atom stereocenters. The molecular formula is C16H22CuN2S2+4. The topological polar surface area (TPSA) is 25.8 Å². The fourth-order valence-corrected chi connectivity index (χ4v) is 4.20. The van der Waals surface area contributed by atoms with E-state index in [4.69, 9.17) is 0 Å². The van der Waals surface area contributed by atoms with Gasteiger partial charge in [0, 0.05) is 36.6 Å². The van der Waals surface area contributed by atoms with Crippen molar-refractivity contribution in [2.75, 3.05) is 23.0 Å². The zero-order chi connectivity index (χ0) is 13.9. The van der Waals surface area contributed by atoms with Gasteiger partial charge in [0.15, 0.2) is 0 Å². The van der Waals surface area contributed by atoms with E-state index in [1.165, 1.54) is 34.4 Å². The molecule has 5 heteroatoms. The molecular weight excluding hydrogens is 348 g/mol. The van der Waals surface area contributed by atoms with Crippen molar-refractivity contribution in [3.8, 4) is 0 Å². The SMILES string of the molecule is [Cu+2].c1ccc(CC[SH+]CC[SH+]CCc2ccccn2)nc1. The van der Waals surface area contributed by atoms with Crippen molar-refractivity contribution in [1.82, 2.24) is 9.97 Å². The van der Waals surface area contributed by atoms with Crippen molar-refractivity contribution in [2.24, 2.45) is 0 Å². The Morgan fingerprint density at radius 1 is 0.667 bits per heavy atom. The maximum Gasteiger partial charge on any atom is 2.00 e. The summed E-state index contributed by atoms with van der Waals surface area (Å²) in [6.45, 7) is 0. The first-order valence-corrected chi connectivity index (χ1v) is 9.54. The van der Waals surface area contributed by atoms with E-state index in [1.807, 2.05) is 24.5 Å². The Morgan fingerprint density at radius 2 is 1.14 bits per heavy atom. The number of hydrogen-bond acceptors (Lipinski definition) is 2. The minimum atomic E-state index is 0. The number of rotatable bonds is 9. The minimum absolute atomic E-state index is 0. The molecule has 2 aromatic rings. The van der Waals surface area contributed by atoms with Crippen LogP contribution in [0.2, 0.25) is 0 Å². The zero-order valence-corrected chi connectivity index (χ0v) is 14.7. The molecule has 0 fully saturated rings. The van der Waals surface area contributed by atoms with E-state index in [2.05, 4.69) is 34.2 Å². The molecule has 1 radical (unpaired) electrons. The van der Waals surface area contributed by atoms with Crippen LogP contribution in [0.25, 0.3) is 0 Å². The van der Waals surface area contributed by atoms with Crippen LogP contribution in [-0.4, -0.2) is 33.0 Å². The number of thiol groups is 2. The Kier molecular flexibility index (Phi) is 10.7. The number of hydrogen-bond donors (Lipinski definition) is 0. The smallest absolute Gasteiger partial charge is 0.261 e.